The quantitative estimate of drug-likeness (QED) is 0.725. The van der Waals surface area contributed by atoms with Gasteiger partial charge in [-0.3, -0.25) is 9.69 Å². The second-order valence-electron chi connectivity index (χ2n) is 5.97. The minimum atomic E-state index is 0.367. The van der Waals surface area contributed by atoms with Crippen LogP contribution in [0.25, 0.3) is 0 Å². The Morgan fingerprint density at radius 2 is 1.83 bits per heavy atom. The Bertz CT molecular complexity index is 255. The summed E-state index contributed by atoms with van der Waals surface area (Å²) in [6, 6.07) is 0. The van der Waals surface area contributed by atoms with Crippen LogP contribution in [0.5, 0.6) is 0 Å². The third-order valence-electron chi connectivity index (χ3n) is 4.07. The average molecular weight is 252 g/mol. The fraction of sp³-hybridized carbons (Fsp3) is 0.933. The first kappa shape index (κ1) is 13.9. The molecule has 3 nitrogen and oxygen atoms in total. The van der Waals surface area contributed by atoms with Gasteiger partial charge < -0.3 is 4.90 Å². The molecular weight excluding hydrogens is 224 g/mol. The van der Waals surface area contributed by atoms with Crippen molar-refractivity contribution in [2.75, 3.05) is 32.7 Å². The number of rotatable bonds is 6. The van der Waals surface area contributed by atoms with E-state index in [0.29, 0.717) is 12.5 Å². The monoisotopic (exact) mass is 252 g/mol. The molecule has 0 bridgehead atoms. The van der Waals surface area contributed by atoms with Crippen molar-refractivity contribution in [1.29, 1.82) is 0 Å². The van der Waals surface area contributed by atoms with Crippen molar-refractivity contribution >= 4 is 5.91 Å². The molecule has 1 aliphatic carbocycles. The molecule has 1 heterocycles. The summed E-state index contributed by atoms with van der Waals surface area (Å²) in [6.07, 6.45) is 8.88. The van der Waals surface area contributed by atoms with Crippen molar-refractivity contribution in [1.82, 2.24) is 9.80 Å². The molecule has 18 heavy (non-hydrogen) atoms. The van der Waals surface area contributed by atoms with E-state index in [2.05, 4.69) is 16.7 Å². The van der Waals surface area contributed by atoms with Gasteiger partial charge in [0, 0.05) is 19.6 Å². The lowest BCUT2D eigenvalue weighted by Gasteiger charge is -2.26. The molecule has 1 saturated heterocycles. The van der Waals surface area contributed by atoms with Crippen LogP contribution in [0.3, 0.4) is 0 Å². The van der Waals surface area contributed by atoms with Crippen LogP contribution in [0.4, 0.5) is 0 Å². The standard InChI is InChI=1S/C15H28N2O/c1-2-9-16(12-14-7-8-14)13-15(18)17-10-5-3-4-6-11-17/h14H,2-13H2,1H3. The first-order valence-corrected chi connectivity index (χ1v) is 7.79. The fourth-order valence-electron chi connectivity index (χ4n) is 2.83. The molecule has 0 unspecified atom stereocenters. The van der Waals surface area contributed by atoms with Crippen molar-refractivity contribution in [2.24, 2.45) is 5.92 Å². The fourth-order valence-corrected chi connectivity index (χ4v) is 2.83. The van der Waals surface area contributed by atoms with E-state index >= 15 is 0 Å². The lowest BCUT2D eigenvalue weighted by Crippen LogP contribution is -2.41. The van der Waals surface area contributed by atoms with Crippen molar-refractivity contribution < 1.29 is 4.79 Å². The molecule has 0 spiro atoms. The molecule has 1 aliphatic heterocycles. The van der Waals surface area contributed by atoms with E-state index in [0.717, 1.165) is 38.5 Å². The van der Waals surface area contributed by atoms with Crippen molar-refractivity contribution in [2.45, 2.75) is 51.9 Å². The lowest BCUT2D eigenvalue weighted by molar-refractivity contribution is -0.132. The normalized spacial score (nSPS) is 21.1. The van der Waals surface area contributed by atoms with E-state index in [1.54, 1.807) is 0 Å². The van der Waals surface area contributed by atoms with Gasteiger partial charge in [0.15, 0.2) is 0 Å². The highest BCUT2D eigenvalue weighted by Crippen LogP contribution is 2.29. The van der Waals surface area contributed by atoms with Crippen LogP contribution in [-0.4, -0.2) is 48.4 Å². The van der Waals surface area contributed by atoms with E-state index in [9.17, 15) is 4.79 Å². The Labute approximate surface area is 112 Å². The van der Waals surface area contributed by atoms with Gasteiger partial charge in [0.1, 0.15) is 0 Å². The third-order valence-corrected chi connectivity index (χ3v) is 4.07. The van der Waals surface area contributed by atoms with Gasteiger partial charge in [0.2, 0.25) is 5.91 Å². The minimum Gasteiger partial charge on any atom is -0.342 e. The van der Waals surface area contributed by atoms with Gasteiger partial charge in [-0.05, 0) is 44.6 Å². The molecule has 1 amide bonds. The number of hydrogen-bond acceptors (Lipinski definition) is 2. The second-order valence-corrected chi connectivity index (χ2v) is 5.97. The highest BCUT2D eigenvalue weighted by Gasteiger charge is 2.26. The maximum atomic E-state index is 12.3. The van der Waals surface area contributed by atoms with Gasteiger partial charge in [0.25, 0.3) is 0 Å². The average Bonchev–Trinajstić information content (AvgIpc) is 3.14. The Kier molecular flexibility index (Phi) is 5.48. The summed E-state index contributed by atoms with van der Waals surface area (Å²) in [7, 11) is 0. The molecule has 104 valence electrons. The molecule has 2 fully saturated rings. The maximum Gasteiger partial charge on any atom is 0.236 e. The van der Waals surface area contributed by atoms with Crippen LogP contribution in [0.15, 0.2) is 0 Å². The van der Waals surface area contributed by atoms with Crippen molar-refractivity contribution in [3.63, 3.8) is 0 Å². The van der Waals surface area contributed by atoms with Gasteiger partial charge in [-0.1, -0.05) is 19.8 Å². The Morgan fingerprint density at radius 1 is 1.17 bits per heavy atom. The molecule has 3 heteroatoms. The molecular formula is C15H28N2O. The van der Waals surface area contributed by atoms with Gasteiger partial charge in [-0.15, -0.1) is 0 Å². The van der Waals surface area contributed by atoms with Crippen LogP contribution >= 0.6 is 0 Å². The highest BCUT2D eigenvalue weighted by atomic mass is 16.2. The smallest absolute Gasteiger partial charge is 0.236 e. The molecule has 2 rings (SSSR count). The minimum absolute atomic E-state index is 0.367. The number of carbonyl (C=O) groups is 1. The molecule has 0 aromatic carbocycles. The Balaban J connectivity index is 1.78. The molecule has 0 atom stereocenters. The van der Waals surface area contributed by atoms with Crippen LogP contribution in [-0.2, 0) is 4.79 Å². The van der Waals surface area contributed by atoms with Gasteiger partial charge in [-0.2, -0.15) is 0 Å². The zero-order valence-corrected chi connectivity index (χ0v) is 11.9. The van der Waals surface area contributed by atoms with E-state index in [1.807, 2.05) is 0 Å². The second kappa shape index (κ2) is 7.13. The summed E-state index contributed by atoms with van der Waals surface area (Å²) in [5.41, 5.74) is 0. The zero-order chi connectivity index (χ0) is 12.8. The third kappa shape index (κ3) is 4.60. The van der Waals surface area contributed by atoms with Crippen LogP contribution < -0.4 is 0 Å². The van der Waals surface area contributed by atoms with Crippen molar-refractivity contribution in [3.05, 3.63) is 0 Å². The summed E-state index contributed by atoms with van der Waals surface area (Å²) in [6.45, 7) is 7.06. The maximum absolute atomic E-state index is 12.3. The molecule has 0 aromatic heterocycles. The number of hydrogen-bond donors (Lipinski definition) is 0. The number of likely N-dealkylation sites (tertiary alicyclic amines) is 1. The first-order valence-electron chi connectivity index (χ1n) is 7.79. The summed E-state index contributed by atoms with van der Waals surface area (Å²) >= 11 is 0. The molecule has 0 radical (unpaired) electrons. The van der Waals surface area contributed by atoms with Crippen LogP contribution in [0.2, 0.25) is 0 Å². The van der Waals surface area contributed by atoms with Gasteiger partial charge in [-0.25, -0.2) is 0 Å². The van der Waals surface area contributed by atoms with Crippen molar-refractivity contribution in [3.8, 4) is 0 Å². The van der Waals surface area contributed by atoms with Gasteiger partial charge in [0.05, 0.1) is 6.54 Å². The zero-order valence-electron chi connectivity index (χ0n) is 11.9. The summed E-state index contributed by atoms with van der Waals surface area (Å²) in [5, 5.41) is 0. The largest absolute Gasteiger partial charge is 0.342 e. The predicted molar refractivity (Wildman–Crippen MR) is 74.5 cm³/mol. The number of amides is 1. The van der Waals surface area contributed by atoms with Gasteiger partial charge >= 0.3 is 0 Å². The van der Waals surface area contributed by atoms with Crippen LogP contribution in [0.1, 0.15) is 51.9 Å². The Hall–Kier alpha value is -0.570. The topological polar surface area (TPSA) is 23.6 Å². The molecule has 0 aromatic rings. The summed E-state index contributed by atoms with van der Waals surface area (Å²) in [4.78, 5) is 16.8. The molecule has 0 N–H and O–H groups in total. The Morgan fingerprint density at radius 3 is 2.39 bits per heavy atom. The van der Waals surface area contributed by atoms with E-state index in [4.69, 9.17) is 0 Å². The predicted octanol–water partition coefficient (Wildman–Crippen LogP) is 2.51. The highest BCUT2D eigenvalue weighted by molar-refractivity contribution is 5.78. The van der Waals surface area contributed by atoms with Crippen LogP contribution in [0, 0.1) is 5.92 Å². The first-order chi connectivity index (χ1) is 8.79. The van der Waals surface area contributed by atoms with E-state index in [-0.39, 0.29) is 0 Å². The molecule has 1 saturated carbocycles. The summed E-state index contributed by atoms with van der Waals surface area (Å²) in [5.74, 6) is 1.25. The lowest BCUT2D eigenvalue weighted by atomic mass is 10.2. The SMILES string of the molecule is CCCN(CC(=O)N1CCCCCC1)CC1CC1. The number of carbonyl (C=O) groups excluding carboxylic acids is 1. The number of nitrogens with zero attached hydrogens (tertiary/aromatic N) is 2. The van der Waals surface area contributed by atoms with E-state index in [1.165, 1.54) is 38.5 Å². The molecule has 2 aliphatic rings. The summed E-state index contributed by atoms with van der Waals surface area (Å²) < 4.78 is 0. The van der Waals surface area contributed by atoms with E-state index < -0.39 is 0 Å².